The number of aromatic nitrogens is 2. The third-order valence-corrected chi connectivity index (χ3v) is 3.73. The largest absolute Gasteiger partial charge is 0.425 e. The van der Waals surface area contributed by atoms with Crippen molar-refractivity contribution in [1.82, 2.24) is 15.5 Å². The molecule has 1 saturated carbocycles. The highest BCUT2D eigenvalue weighted by molar-refractivity contribution is 4.96. The first-order valence-corrected chi connectivity index (χ1v) is 7.10. The Morgan fingerprint density at radius 2 is 2.10 bits per heavy atom. The Morgan fingerprint density at radius 1 is 1.30 bits per heavy atom. The molecule has 7 heteroatoms. The summed E-state index contributed by atoms with van der Waals surface area (Å²) in [6.45, 7) is 3.59. The number of hydrogen-bond donors (Lipinski definition) is 1. The van der Waals surface area contributed by atoms with Gasteiger partial charge in [0.15, 0.2) is 0 Å². The summed E-state index contributed by atoms with van der Waals surface area (Å²) in [5, 5.41) is 11.0. The van der Waals surface area contributed by atoms with Crippen molar-refractivity contribution in [3.8, 4) is 0 Å². The Kier molecular flexibility index (Phi) is 5.01. The molecule has 0 aliphatic heterocycles. The van der Waals surface area contributed by atoms with Crippen LogP contribution in [-0.4, -0.2) is 29.5 Å². The van der Waals surface area contributed by atoms with Gasteiger partial charge in [-0.25, -0.2) is 0 Å². The van der Waals surface area contributed by atoms with Crippen molar-refractivity contribution in [3.63, 3.8) is 0 Å². The first kappa shape index (κ1) is 15.3. The highest BCUT2D eigenvalue weighted by atomic mass is 19.4. The first-order valence-electron chi connectivity index (χ1n) is 7.10. The van der Waals surface area contributed by atoms with Gasteiger partial charge in [0, 0.05) is 18.9 Å². The smallest absolute Gasteiger partial charge is 0.391 e. The van der Waals surface area contributed by atoms with Gasteiger partial charge in [-0.05, 0) is 25.8 Å². The number of nitrogens with one attached hydrogen (secondary N) is 1. The summed E-state index contributed by atoms with van der Waals surface area (Å²) >= 11 is 0. The number of halogens is 3. The number of likely N-dealkylation sites (N-methyl/N-ethyl adjacent to an activating group) is 1. The standard InChI is InChI=1S/C13H20F3N3O/c1-2-17-7-6-11-18-19-12(20-11)9-4-3-5-10(8-9)13(14,15)16/h9-10,17H,2-8H2,1H3. The fraction of sp³-hybridized carbons (Fsp3) is 0.846. The zero-order chi connectivity index (χ0) is 14.6. The average Bonchev–Trinajstić information content (AvgIpc) is 2.87. The highest BCUT2D eigenvalue weighted by Crippen LogP contribution is 2.43. The molecular formula is C13H20F3N3O. The molecular weight excluding hydrogens is 271 g/mol. The Balaban J connectivity index is 1.94. The summed E-state index contributed by atoms with van der Waals surface area (Å²) in [5.74, 6) is -0.630. The predicted octanol–water partition coefficient (Wildman–Crippen LogP) is 3.06. The maximum absolute atomic E-state index is 12.8. The molecule has 4 nitrogen and oxygen atoms in total. The van der Waals surface area contributed by atoms with E-state index in [1.165, 1.54) is 0 Å². The van der Waals surface area contributed by atoms with Crippen LogP contribution in [0.4, 0.5) is 13.2 Å². The lowest BCUT2D eigenvalue weighted by molar-refractivity contribution is -0.183. The van der Waals surface area contributed by atoms with Gasteiger partial charge < -0.3 is 9.73 Å². The molecule has 1 aromatic heterocycles. The van der Waals surface area contributed by atoms with E-state index in [2.05, 4.69) is 15.5 Å². The number of hydrogen-bond acceptors (Lipinski definition) is 4. The second kappa shape index (κ2) is 6.56. The van der Waals surface area contributed by atoms with E-state index in [0.717, 1.165) is 13.1 Å². The summed E-state index contributed by atoms with van der Waals surface area (Å²) in [6.07, 6.45) is -1.98. The van der Waals surface area contributed by atoms with Gasteiger partial charge in [0.05, 0.1) is 5.92 Å². The lowest BCUT2D eigenvalue weighted by Crippen LogP contribution is -2.28. The Morgan fingerprint density at radius 3 is 2.80 bits per heavy atom. The molecule has 20 heavy (non-hydrogen) atoms. The second-order valence-corrected chi connectivity index (χ2v) is 5.24. The van der Waals surface area contributed by atoms with Crippen LogP contribution in [0.25, 0.3) is 0 Å². The minimum atomic E-state index is -4.12. The fourth-order valence-corrected chi connectivity index (χ4v) is 2.62. The van der Waals surface area contributed by atoms with Crippen LogP contribution in [0.5, 0.6) is 0 Å². The maximum Gasteiger partial charge on any atom is 0.391 e. The van der Waals surface area contributed by atoms with Crippen LogP contribution in [0.2, 0.25) is 0 Å². The zero-order valence-corrected chi connectivity index (χ0v) is 11.5. The highest BCUT2D eigenvalue weighted by Gasteiger charge is 2.43. The lowest BCUT2D eigenvalue weighted by atomic mass is 9.81. The molecule has 1 aliphatic rings. The number of alkyl halides is 3. The SMILES string of the molecule is CCNCCc1nnc(C2CCCC(C(F)(F)F)C2)o1. The summed E-state index contributed by atoms with van der Waals surface area (Å²) in [6, 6.07) is 0. The van der Waals surface area contributed by atoms with Crippen LogP contribution >= 0.6 is 0 Å². The van der Waals surface area contributed by atoms with E-state index in [9.17, 15) is 13.2 Å². The minimum Gasteiger partial charge on any atom is -0.425 e. The van der Waals surface area contributed by atoms with E-state index in [0.29, 0.717) is 31.0 Å². The molecule has 0 bridgehead atoms. The predicted molar refractivity (Wildman–Crippen MR) is 67.3 cm³/mol. The van der Waals surface area contributed by atoms with Crippen LogP contribution in [0.3, 0.4) is 0 Å². The molecule has 114 valence electrons. The van der Waals surface area contributed by atoms with Gasteiger partial charge in [0.25, 0.3) is 0 Å². The third-order valence-electron chi connectivity index (χ3n) is 3.73. The van der Waals surface area contributed by atoms with Crippen LogP contribution in [0, 0.1) is 5.92 Å². The van der Waals surface area contributed by atoms with E-state index >= 15 is 0 Å². The number of rotatable bonds is 5. The summed E-state index contributed by atoms with van der Waals surface area (Å²) in [5.41, 5.74) is 0. The molecule has 1 N–H and O–H groups in total. The van der Waals surface area contributed by atoms with Crippen molar-refractivity contribution in [3.05, 3.63) is 11.8 Å². The molecule has 1 heterocycles. The van der Waals surface area contributed by atoms with E-state index in [4.69, 9.17) is 4.42 Å². The van der Waals surface area contributed by atoms with Gasteiger partial charge in [0.2, 0.25) is 11.8 Å². The van der Waals surface area contributed by atoms with E-state index in [-0.39, 0.29) is 18.8 Å². The number of nitrogens with zero attached hydrogens (tertiary/aromatic N) is 2. The molecule has 2 unspecified atom stereocenters. The first-order chi connectivity index (χ1) is 9.50. The quantitative estimate of drug-likeness (QED) is 0.847. The summed E-state index contributed by atoms with van der Waals surface area (Å²) in [4.78, 5) is 0. The molecule has 0 saturated heterocycles. The molecule has 0 aromatic carbocycles. The van der Waals surface area contributed by atoms with Crippen LogP contribution in [0.15, 0.2) is 4.42 Å². The van der Waals surface area contributed by atoms with Gasteiger partial charge in [-0.3, -0.25) is 0 Å². The van der Waals surface area contributed by atoms with E-state index in [1.807, 2.05) is 6.92 Å². The maximum atomic E-state index is 12.8. The van der Waals surface area contributed by atoms with Crippen LogP contribution in [-0.2, 0) is 6.42 Å². The third kappa shape index (κ3) is 3.94. The molecule has 0 spiro atoms. The van der Waals surface area contributed by atoms with Crippen molar-refractivity contribution < 1.29 is 17.6 Å². The topological polar surface area (TPSA) is 51.0 Å². The fourth-order valence-electron chi connectivity index (χ4n) is 2.62. The summed E-state index contributed by atoms with van der Waals surface area (Å²) in [7, 11) is 0. The van der Waals surface area contributed by atoms with Gasteiger partial charge >= 0.3 is 6.18 Å². The van der Waals surface area contributed by atoms with Gasteiger partial charge in [-0.1, -0.05) is 13.3 Å². The molecule has 1 fully saturated rings. The van der Waals surface area contributed by atoms with Crippen molar-refractivity contribution in [2.75, 3.05) is 13.1 Å². The van der Waals surface area contributed by atoms with Gasteiger partial charge in [0.1, 0.15) is 0 Å². The monoisotopic (exact) mass is 291 g/mol. The Hall–Kier alpha value is -1.11. The van der Waals surface area contributed by atoms with Crippen LogP contribution in [0.1, 0.15) is 50.3 Å². The van der Waals surface area contributed by atoms with Crippen molar-refractivity contribution in [2.24, 2.45) is 5.92 Å². The molecule has 2 atom stereocenters. The molecule has 1 aromatic rings. The Bertz CT molecular complexity index is 419. The van der Waals surface area contributed by atoms with Gasteiger partial charge in [-0.2, -0.15) is 13.2 Å². The molecule has 0 amide bonds. The van der Waals surface area contributed by atoms with Crippen LogP contribution < -0.4 is 5.32 Å². The van der Waals surface area contributed by atoms with E-state index in [1.54, 1.807) is 0 Å². The van der Waals surface area contributed by atoms with Crippen molar-refractivity contribution >= 4 is 0 Å². The normalized spacial score (nSPS) is 24.0. The lowest BCUT2D eigenvalue weighted by Gasteiger charge is -2.28. The Labute approximate surface area is 116 Å². The molecule has 2 rings (SSSR count). The van der Waals surface area contributed by atoms with Crippen molar-refractivity contribution in [1.29, 1.82) is 0 Å². The molecule has 1 aliphatic carbocycles. The minimum absolute atomic E-state index is 0.0678. The van der Waals surface area contributed by atoms with Gasteiger partial charge in [-0.15, -0.1) is 10.2 Å². The second-order valence-electron chi connectivity index (χ2n) is 5.24. The average molecular weight is 291 g/mol. The zero-order valence-electron chi connectivity index (χ0n) is 11.5. The molecule has 0 radical (unpaired) electrons. The van der Waals surface area contributed by atoms with Crippen molar-refractivity contribution in [2.45, 2.75) is 51.1 Å². The summed E-state index contributed by atoms with van der Waals surface area (Å²) < 4.78 is 43.8. The van der Waals surface area contributed by atoms with E-state index < -0.39 is 12.1 Å².